The van der Waals surface area contributed by atoms with Crippen molar-refractivity contribution in [2.75, 3.05) is 0 Å². The van der Waals surface area contributed by atoms with Gasteiger partial charge >= 0.3 is 5.97 Å². The van der Waals surface area contributed by atoms with Gasteiger partial charge in [0, 0.05) is 5.56 Å². The van der Waals surface area contributed by atoms with Crippen molar-refractivity contribution in [2.24, 2.45) is 0 Å². The van der Waals surface area contributed by atoms with Gasteiger partial charge in [0.2, 0.25) is 0 Å². The van der Waals surface area contributed by atoms with E-state index in [1.54, 1.807) is 6.07 Å². The molecule has 90 valence electrons. The molecule has 0 aliphatic carbocycles. The van der Waals surface area contributed by atoms with E-state index >= 15 is 0 Å². The van der Waals surface area contributed by atoms with Crippen molar-refractivity contribution in [3.8, 4) is 6.07 Å². The van der Waals surface area contributed by atoms with E-state index in [9.17, 15) is 19.4 Å². The first-order valence-corrected chi connectivity index (χ1v) is 4.73. The van der Waals surface area contributed by atoms with E-state index in [1.807, 2.05) is 0 Å². The zero-order valence-corrected chi connectivity index (χ0v) is 8.67. The molecule has 5 nitrogen and oxygen atoms in total. The van der Waals surface area contributed by atoms with Crippen molar-refractivity contribution in [3.05, 3.63) is 35.1 Å². The lowest BCUT2D eigenvalue weighted by Crippen LogP contribution is -2.22. The standard InChI is InChI=1S/C11H10FNO4/c12-7-1-2-8(6(3-7)5-13)11(17)9(14)4-10(15)16/h1-3,9,11,14,17H,4H2,(H,15,16). The molecular formula is C11H10FNO4. The average molecular weight is 239 g/mol. The molecule has 0 saturated heterocycles. The molecule has 0 fully saturated rings. The van der Waals surface area contributed by atoms with Crippen LogP contribution in [-0.4, -0.2) is 27.4 Å². The molecule has 2 atom stereocenters. The van der Waals surface area contributed by atoms with Gasteiger partial charge in [-0.05, 0) is 12.1 Å². The van der Waals surface area contributed by atoms with Crippen LogP contribution >= 0.6 is 0 Å². The Labute approximate surface area is 96.4 Å². The summed E-state index contributed by atoms with van der Waals surface area (Å²) in [6.45, 7) is 0. The molecule has 0 bridgehead atoms. The Kier molecular flexibility index (Phi) is 4.15. The Bertz CT molecular complexity index is 469. The number of hydrogen-bond acceptors (Lipinski definition) is 4. The van der Waals surface area contributed by atoms with Crippen LogP contribution in [0.1, 0.15) is 23.7 Å². The zero-order chi connectivity index (χ0) is 13.0. The number of nitriles is 1. The van der Waals surface area contributed by atoms with Crippen molar-refractivity contribution in [1.29, 1.82) is 5.26 Å². The van der Waals surface area contributed by atoms with E-state index in [1.165, 1.54) is 0 Å². The van der Waals surface area contributed by atoms with Gasteiger partial charge < -0.3 is 15.3 Å². The molecule has 0 amide bonds. The summed E-state index contributed by atoms with van der Waals surface area (Å²) in [4.78, 5) is 10.4. The van der Waals surface area contributed by atoms with E-state index in [4.69, 9.17) is 10.4 Å². The van der Waals surface area contributed by atoms with Crippen molar-refractivity contribution >= 4 is 5.97 Å². The van der Waals surface area contributed by atoms with Gasteiger partial charge in [-0.3, -0.25) is 4.79 Å². The Hall–Kier alpha value is -1.97. The van der Waals surface area contributed by atoms with Gasteiger partial charge in [-0.25, -0.2) is 4.39 Å². The van der Waals surface area contributed by atoms with Crippen LogP contribution in [0.5, 0.6) is 0 Å². The number of carboxylic acid groups (broad SMARTS) is 1. The van der Waals surface area contributed by atoms with Crippen LogP contribution < -0.4 is 0 Å². The second kappa shape index (κ2) is 5.39. The van der Waals surface area contributed by atoms with Gasteiger partial charge in [-0.1, -0.05) is 6.07 Å². The molecule has 0 aromatic heterocycles. The largest absolute Gasteiger partial charge is 0.481 e. The third kappa shape index (κ3) is 3.24. The number of carbonyl (C=O) groups is 1. The minimum atomic E-state index is -1.55. The third-order valence-corrected chi connectivity index (χ3v) is 2.20. The van der Waals surface area contributed by atoms with Crippen LogP contribution in [0.25, 0.3) is 0 Å². The summed E-state index contributed by atoms with van der Waals surface area (Å²) < 4.78 is 12.8. The molecule has 0 heterocycles. The predicted molar refractivity (Wildman–Crippen MR) is 54.3 cm³/mol. The zero-order valence-electron chi connectivity index (χ0n) is 8.67. The molecule has 3 N–H and O–H groups in total. The number of benzene rings is 1. The van der Waals surface area contributed by atoms with Gasteiger partial charge in [-0.15, -0.1) is 0 Å². The highest BCUT2D eigenvalue weighted by Gasteiger charge is 2.23. The highest BCUT2D eigenvalue weighted by Crippen LogP contribution is 2.23. The number of aliphatic carboxylic acids is 1. The van der Waals surface area contributed by atoms with Gasteiger partial charge in [0.05, 0.1) is 24.2 Å². The Balaban J connectivity index is 3.00. The van der Waals surface area contributed by atoms with E-state index in [-0.39, 0.29) is 11.1 Å². The van der Waals surface area contributed by atoms with Crippen molar-refractivity contribution < 1.29 is 24.5 Å². The van der Waals surface area contributed by atoms with Crippen LogP contribution in [0.15, 0.2) is 18.2 Å². The maximum Gasteiger partial charge on any atom is 0.306 e. The van der Waals surface area contributed by atoms with Gasteiger partial charge in [-0.2, -0.15) is 5.26 Å². The smallest absolute Gasteiger partial charge is 0.306 e. The minimum Gasteiger partial charge on any atom is -0.481 e. The summed E-state index contributed by atoms with van der Waals surface area (Å²) in [5.74, 6) is -1.93. The number of aliphatic hydroxyl groups is 2. The van der Waals surface area contributed by atoms with E-state index in [0.717, 1.165) is 18.2 Å². The maximum atomic E-state index is 12.8. The SMILES string of the molecule is N#Cc1cc(F)ccc1C(O)C(O)CC(=O)O. The molecule has 0 aliphatic heterocycles. The fourth-order valence-electron chi connectivity index (χ4n) is 1.38. The molecule has 17 heavy (non-hydrogen) atoms. The molecule has 2 unspecified atom stereocenters. The molecule has 0 aliphatic rings. The highest BCUT2D eigenvalue weighted by molar-refractivity contribution is 5.67. The number of carboxylic acids is 1. The second-order valence-electron chi connectivity index (χ2n) is 3.45. The first-order valence-electron chi connectivity index (χ1n) is 4.73. The number of nitrogens with zero attached hydrogens (tertiary/aromatic N) is 1. The predicted octanol–water partition coefficient (Wildman–Crippen LogP) is 0.566. The first-order chi connectivity index (χ1) is 7.95. The molecule has 0 saturated carbocycles. The quantitative estimate of drug-likeness (QED) is 0.712. The lowest BCUT2D eigenvalue weighted by molar-refractivity contribution is -0.141. The number of hydrogen-bond donors (Lipinski definition) is 3. The maximum absolute atomic E-state index is 12.8. The van der Waals surface area contributed by atoms with Gasteiger partial charge in [0.25, 0.3) is 0 Å². The van der Waals surface area contributed by atoms with Crippen LogP contribution in [0.3, 0.4) is 0 Å². The van der Waals surface area contributed by atoms with Crippen molar-refractivity contribution in [3.63, 3.8) is 0 Å². The molecular weight excluding hydrogens is 229 g/mol. The first kappa shape index (κ1) is 13.1. The summed E-state index contributed by atoms with van der Waals surface area (Å²) in [6, 6.07) is 4.74. The molecule has 1 rings (SSSR count). The summed E-state index contributed by atoms with van der Waals surface area (Å²) in [5.41, 5.74) is -0.135. The molecule has 0 radical (unpaired) electrons. The molecule has 1 aromatic carbocycles. The van der Waals surface area contributed by atoms with Crippen LogP contribution in [0, 0.1) is 17.1 Å². The summed E-state index contributed by atoms with van der Waals surface area (Å²) >= 11 is 0. The topological polar surface area (TPSA) is 102 Å². The third-order valence-electron chi connectivity index (χ3n) is 2.20. The van der Waals surface area contributed by atoms with Gasteiger partial charge in [0.1, 0.15) is 11.9 Å². The Morgan fingerprint density at radius 2 is 2.12 bits per heavy atom. The monoisotopic (exact) mass is 239 g/mol. The molecule has 6 heteroatoms. The fraction of sp³-hybridized carbons (Fsp3) is 0.273. The number of halogens is 1. The molecule has 0 spiro atoms. The fourth-order valence-corrected chi connectivity index (χ4v) is 1.38. The lowest BCUT2D eigenvalue weighted by atomic mass is 9.97. The number of rotatable bonds is 4. The normalized spacial score (nSPS) is 13.8. The molecule has 1 aromatic rings. The summed E-state index contributed by atoms with van der Waals surface area (Å²) in [5, 5.41) is 36.2. The Morgan fingerprint density at radius 1 is 1.47 bits per heavy atom. The van der Waals surface area contributed by atoms with E-state index in [0.29, 0.717) is 0 Å². The average Bonchev–Trinajstić information content (AvgIpc) is 2.27. The van der Waals surface area contributed by atoms with Crippen molar-refractivity contribution in [2.45, 2.75) is 18.6 Å². The van der Waals surface area contributed by atoms with E-state index < -0.39 is 30.4 Å². The van der Waals surface area contributed by atoms with Gasteiger partial charge in [0.15, 0.2) is 0 Å². The van der Waals surface area contributed by atoms with Crippen LogP contribution in [0.4, 0.5) is 4.39 Å². The summed E-state index contributed by atoms with van der Waals surface area (Å²) in [7, 11) is 0. The summed E-state index contributed by atoms with van der Waals surface area (Å²) in [6.07, 6.45) is -3.75. The highest BCUT2D eigenvalue weighted by atomic mass is 19.1. The minimum absolute atomic E-state index is 0.00245. The second-order valence-corrected chi connectivity index (χ2v) is 3.45. The van der Waals surface area contributed by atoms with Crippen LogP contribution in [0.2, 0.25) is 0 Å². The lowest BCUT2D eigenvalue weighted by Gasteiger charge is -2.17. The Morgan fingerprint density at radius 3 is 2.65 bits per heavy atom. The number of aliphatic hydroxyl groups excluding tert-OH is 2. The van der Waals surface area contributed by atoms with E-state index in [2.05, 4.69) is 0 Å². The van der Waals surface area contributed by atoms with Crippen LogP contribution in [-0.2, 0) is 4.79 Å². The van der Waals surface area contributed by atoms with Crippen molar-refractivity contribution in [1.82, 2.24) is 0 Å².